The Balaban J connectivity index is 1.82. The van der Waals surface area contributed by atoms with Gasteiger partial charge in [-0.2, -0.15) is 0 Å². The van der Waals surface area contributed by atoms with Crippen molar-refractivity contribution in [2.24, 2.45) is 0 Å². The van der Waals surface area contributed by atoms with Crippen LogP contribution in [-0.4, -0.2) is 30.5 Å². The lowest BCUT2D eigenvalue weighted by Gasteiger charge is -2.40. The van der Waals surface area contributed by atoms with E-state index in [4.69, 9.17) is 14.2 Å². The molecule has 0 amide bonds. The number of hydrogen-bond acceptors (Lipinski definition) is 5. The van der Waals surface area contributed by atoms with Crippen molar-refractivity contribution < 1.29 is 24.4 Å². The van der Waals surface area contributed by atoms with Crippen LogP contribution in [0.3, 0.4) is 0 Å². The van der Waals surface area contributed by atoms with Gasteiger partial charge in [-0.15, -0.1) is 0 Å². The Morgan fingerprint density at radius 3 is 2.35 bits per heavy atom. The predicted octanol–water partition coefficient (Wildman–Crippen LogP) is 4.49. The van der Waals surface area contributed by atoms with Gasteiger partial charge in [0.25, 0.3) is 0 Å². The van der Waals surface area contributed by atoms with Crippen LogP contribution in [-0.2, 0) is 11.2 Å². The topological polar surface area (TPSA) is 68.2 Å². The van der Waals surface area contributed by atoms with Gasteiger partial charge in [0.1, 0.15) is 17.2 Å². The molecule has 0 spiro atoms. The zero-order valence-corrected chi connectivity index (χ0v) is 18.8. The second-order valence-corrected chi connectivity index (χ2v) is 8.94. The minimum atomic E-state index is -1.71. The van der Waals surface area contributed by atoms with Gasteiger partial charge in [0.2, 0.25) is 0 Å². The van der Waals surface area contributed by atoms with Gasteiger partial charge in [0.15, 0.2) is 11.2 Å². The zero-order chi connectivity index (χ0) is 21.8. The lowest BCUT2D eigenvalue weighted by molar-refractivity contribution is -0.149. The fourth-order valence-electron chi connectivity index (χ4n) is 5.28. The van der Waals surface area contributed by atoms with Gasteiger partial charge in [-0.3, -0.25) is 0 Å². The summed E-state index contributed by atoms with van der Waals surface area (Å²) >= 11 is 3.49. The molecule has 0 radical (unpaired) electrons. The third-order valence-electron chi connectivity index (χ3n) is 6.62. The Morgan fingerprint density at radius 2 is 1.71 bits per heavy atom. The normalized spacial score (nSPS) is 28.5. The van der Waals surface area contributed by atoms with Gasteiger partial charge in [0.05, 0.1) is 25.9 Å². The second kappa shape index (κ2) is 7.26. The molecule has 5 nitrogen and oxygen atoms in total. The molecule has 3 aromatic rings. The smallest absolute Gasteiger partial charge is 0.176 e. The van der Waals surface area contributed by atoms with Crippen molar-refractivity contribution in [1.29, 1.82) is 0 Å². The molecule has 160 valence electrons. The average Bonchev–Trinajstić information content (AvgIpc) is 3.19. The van der Waals surface area contributed by atoms with Crippen LogP contribution in [0, 0.1) is 0 Å². The van der Waals surface area contributed by atoms with Crippen LogP contribution in [0.15, 0.2) is 71.2 Å². The number of ether oxygens (including phenoxy) is 3. The van der Waals surface area contributed by atoms with Crippen LogP contribution in [0.5, 0.6) is 17.2 Å². The van der Waals surface area contributed by atoms with Crippen LogP contribution < -0.4 is 14.2 Å². The molecule has 0 bridgehead atoms. The summed E-state index contributed by atoms with van der Waals surface area (Å²) in [6, 6.07) is 21.0. The predicted molar refractivity (Wildman–Crippen MR) is 120 cm³/mol. The van der Waals surface area contributed by atoms with Crippen LogP contribution in [0.1, 0.15) is 29.0 Å². The molecular formula is C25H23BrO5. The van der Waals surface area contributed by atoms with Crippen molar-refractivity contribution in [2.75, 3.05) is 14.2 Å². The highest BCUT2D eigenvalue weighted by molar-refractivity contribution is 9.10. The first-order valence-electron chi connectivity index (χ1n) is 10.1. The van der Waals surface area contributed by atoms with E-state index < -0.39 is 17.3 Å². The number of hydrogen-bond donors (Lipinski definition) is 2. The number of aliphatic hydroxyl groups is 2. The number of aliphatic hydroxyl groups excluding tert-OH is 1. The van der Waals surface area contributed by atoms with E-state index in [9.17, 15) is 10.2 Å². The summed E-state index contributed by atoms with van der Waals surface area (Å²) in [4.78, 5) is 0. The van der Waals surface area contributed by atoms with Crippen molar-refractivity contribution in [3.63, 3.8) is 0 Å². The van der Waals surface area contributed by atoms with Gasteiger partial charge >= 0.3 is 0 Å². The molecule has 2 aliphatic rings. The van der Waals surface area contributed by atoms with E-state index in [0.29, 0.717) is 29.2 Å². The molecule has 31 heavy (non-hydrogen) atoms. The standard InChI is InChI=1S/C25H23BrO5/c1-29-18-12-20(30-2)23-21(13-18)31-25(16-8-10-17(26)11-9-16)19(14-22(27)24(23,25)28)15-6-4-3-5-7-15/h3-13,19,22,27-28H,14H2,1-2H3/t19-,22-,24+,25-/m0/s1. The highest BCUT2D eigenvalue weighted by atomic mass is 79.9. The van der Waals surface area contributed by atoms with Gasteiger partial charge in [-0.1, -0.05) is 58.4 Å². The largest absolute Gasteiger partial charge is 0.496 e. The molecule has 1 aliphatic heterocycles. The Kier molecular flexibility index (Phi) is 4.77. The lowest BCUT2D eigenvalue weighted by Crippen LogP contribution is -2.52. The number of methoxy groups -OCH3 is 2. The lowest BCUT2D eigenvalue weighted by atomic mass is 9.71. The summed E-state index contributed by atoms with van der Waals surface area (Å²) in [5, 5.41) is 23.7. The Bertz CT molecular complexity index is 1120. The number of benzene rings is 3. The summed E-state index contributed by atoms with van der Waals surface area (Å²) in [5.74, 6) is 1.12. The molecule has 0 saturated heterocycles. The first kappa shape index (κ1) is 20.4. The van der Waals surface area contributed by atoms with Gasteiger partial charge in [-0.25, -0.2) is 0 Å². The Hall–Kier alpha value is -2.54. The second-order valence-electron chi connectivity index (χ2n) is 8.03. The van der Waals surface area contributed by atoms with Crippen molar-refractivity contribution in [3.05, 3.63) is 87.9 Å². The third kappa shape index (κ3) is 2.68. The fourth-order valence-corrected chi connectivity index (χ4v) is 5.55. The zero-order valence-electron chi connectivity index (χ0n) is 17.2. The van der Waals surface area contributed by atoms with Crippen LogP contribution >= 0.6 is 15.9 Å². The Labute approximate surface area is 189 Å². The van der Waals surface area contributed by atoms with Crippen molar-refractivity contribution in [2.45, 2.75) is 29.6 Å². The quantitative estimate of drug-likeness (QED) is 0.573. The minimum Gasteiger partial charge on any atom is -0.496 e. The molecule has 1 fully saturated rings. The van der Waals surface area contributed by atoms with Crippen molar-refractivity contribution in [3.8, 4) is 17.2 Å². The summed E-state index contributed by atoms with van der Waals surface area (Å²) in [6.07, 6.45) is -0.726. The monoisotopic (exact) mass is 482 g/mol. The minimum absolute atomic E-state index is 0.294. The van der Waals surface area contributed by atoms with Gasteiger partial charge in [0, 0.05) is 22.5 Å². The number of halogens is 1. The first-order valence-corrected chi connectivity index (χ1v) is 10.9. The van der Waals surface area contributed by atoms with E-state index in [2.05, 4.69) is 15.9 Å². The maximum absolute atomic E-state index is 12.3. The molecule has 4 atom stereocenters. The molecule has 1 aliphatic carbocycles. The van der Waals surface area contributed by atoms with E-state index >= 15 is 0 Å². The average molecular weight is 483 g/mol. The SMILES string of the molecule is COc1cc(OC)c2c(c1)O[C@@]1(c3ccc(Br)cc3)[C@H](c3ccccc3)C[C@H](O)[C@@]21O. The van der Waals surface area contributed by atoms with E-state index in [0.717, 1.165) is 15.6 Å². The number of rotatable bonds is 4. The van der Waals surface area contributed by atoms with Crippen molar-refractivity contribution in [1.82, 2.24) is 0 Å². The molecule has 2 N–H and O–H groups in total. The van der Waals surface area contributed by atoms with Gasteiger partial charge in [-0.05, 0) is 29.7 Å². The molecule has 6 heteroatoms. The summed E-state index contributed by atoms with van der Waals surface area (Å²) in [5.41, 5.74) is -0.741. The third-order valence-corrected chi connectivity index (χ3v) is 7.15. The van der Waals surface area contributed by atoms with E-state index in [-0.39, 0.29) is 5.92 Å². The molecule has 1 saturated carbocycles. The maximum atomic E-state index is 12.3. The molecule has 1 heterocycles. The van der Waals surface area contributed by atoms with E-state index in [1.165, 1.54) is 7.11 Å². The highest BCUT2D eigenvalue weighted by Gasteiger charge is 2.73. The molecule has 3 aromatic carbocycles. The van der Waals surface area contributed by atoms with E-state index in [1.807, 2.05) is 54.6 Å². The van der Waals surface area contributed by atoms with Crippen molar-refractivity contribution >= 4 is 15.9 Å². The molecule has 0 unspecified atom stereocenters. The Morgan fingerprint density at radius 1 is 1.00 bits per heavy atom. The van der Waals surface area contributed by atoms with E-state index in [1.54, 1.807) is 19.2 Å². The van der Waals surface area contributed by atoms with Crippen LogP contribution in [0.4, 0.5) is 0 Å². The summed E-state index contributed by atoms with van der Waals surface area (Å²) in [6.45, 7) is 0. The summed E-state index contributed by atoms with van der Waals surface area (Å²) in [7, 11) is 3.10. The maximum Gasteiger partial charge on any atom is 0.176 e. The molecule has 5 rings (SSSR count). The summed E-state index contributed by atoms with van der Waals surface area (Å²) < 4.78 is 18.6. The highest BCUT2D eigenvalue weighted by Crippen LogP contribution is 2.68. The van der Waals surface area contributed by atoms with Gasteiger partial charge < -0.3 is 24.4 Å². The van der Waals surface area contributed by atoms with Crippen LogP contribution in [0.2, 0.25) is 0 Å². The fraction of sp³-hybridized carbons (Fsp3) is 0.280. The number of fused-ring (bicyclic) bond motifs is 3. The first-order chi connectivity index (χ1) is 15.0. The molecule has 0 aromatic heterocycles. The molecular weight excluding hydrogens is 460 g/mol. The van der Waals surface area contributed by atoms with Crippen LogP contribution in [0.25, 0.3) is 0 Å².